The van der Waals surface area contributed by atoms with Gasteiger partial charge in [-0.1, -0.05) is 12.1 Å². The quantitative estimate of drug-likeness (QED) is 0.633. The minimum absolute atomic E-state index is 0.0548. The number of amides is 2. The molecule has 0 spiro atoms. The van der Waals surface area contributed by atoms with E-state index in [2.05, 4.69) is 0 Å². The predicted molar refractivity (Wildman–Crippen MR) is 88.4 cm³/mol. The molecule has 0 bridgehead atoms. The van der Waals surface area contributed by atoms with E-state index in [0.717, 1.165) is 10.5 Å². The predicted octanol–water partition coefficient (Wildman–Crippen LogP) is 2.57. The standard InChI is InChI=1S/C19H14N2O4/c20-11-13-2-1-3-14(10-13)12-25-19(24)15-4-6-16(7-5-15)21-17(22)8-9-18(21)23/h1-7,10H,8-9,12H2. The summed E-state index contributed by atoms with van der Waals surface area (Å²) in [5.74, 6) is -0.997. The molecule has 6 nitrogen and oxygen atoms in total. The van der Waals surface area contributed by atoms with Gasteiger partial charge in [-0.15, -0.1) is 0 Å². The first-order valence-electron chi connectivity index (χ1n) is 7.70. The smallest absolute Gasteiger partial charge is 0.338 e. The number of imide groups is 1. The first kappa shape index (κ1) is 16.4. The highest BCUT2D eigenvalue weighted by atomic mass is 16.5. The molecule has 0 saturated carbocycles. The summed E-state index contributed by atoms with van der Waals surface area (Å²) in [6, 6.07) is 15.0. The maximum atomic E-state index is 12.1. The fourth-order valence-electron chi connectivity index (χ4n) is 2.57. The molecule has 2 aromatic carbocycles. The maximum Gasteiger partial charge on any atom is 0.338 e. The van der Waals surface area contributed by atoms with Crippen molar-refractivity contribution in [1.82, 2.24) is 0 Å². The Labute approximate surface area is 144 Å². The van der Waals surface area contributed by atoms with Crippen LogP contribution in [0.4, 0.5) is 5.69 Å². The van der Waals surface area contributed by atoms with Crippen LogP contribution in [0, 0.1) is 11.3 Å². The van der Waals surface area contributed by atoms with Crippen LogP contribution < -0.4 is 4.90 Å². The molecule has 6 heteroatoms. The van der Waals surface area contributed by atoms with Crippen LogP contribution in [0.2, 0.25) is 0 Å². The maximum absolute atomic E-state index is 12.1. The molecule has 2 aromatic rings. The molecule has 2 amide bonds. The van der Waals surface area contributed by atoms with Crippen LogP contribution in [0.1, 0.15) is 34.3 Å². The van der Waals surface area contributed by atoms with Crippen LogP contribution in [0.15, 0.2) is 48.5 Å². The molecule has 0 aliphatic carbocycles. The van der Waals surface area contributed by atoms with Gasteiger partial charge in [-0.2, -0.15) is 5.26 Å². The zero-order chi connectivity index (χ0) is 17.8. The number of nitriles is 1. The second-order valence-corrected chi connectivity index (χ2v) is 5.56. The Morgan fingerprint density at radius 1 is 1.08 bits per heavy atom. The van der Waals surface area contributed by atoms with E-state index in [-0.39, 0.29) is 31.3 Å². The summed E-state index contributed by atoms with van der Waals surface area (Å²) in [4.78, 5) is 36.6. The highest BCUT2D eigenvalue weighted by molar-refractivity contribution is 6.19. The fraction of sp³-hybridized carbons (Fsp3) is 0.158. The molecule has 1 aliphatic rings. The van der Waals surface area contributed by atoms with E-state index in [1.807, 2.05) is 6.07 Å². The molecular formula is C19H14N2O4. The summed E-state index contributed by atoms with van der Waals surface area (Å²) >= 11 is 0. The Balaban J connectivity index is 1.66. The lowest BCUT2D eigenvalue weighted by molar-refractivity contribution is -0.121. The van der Waals surface area contributed by atoms with Gasteiger partial charge in [0.25, 0.3) is 0 Å². The highest BCUT2D eigenvalue weighted by Crippen LogP contribution is 2.23. The number of rotatable bonds is 4. The number of carbonyl (C=O) groups is 3. The van der Waals surface area contributed by atoms with Crippen molar-refractivity contribution in [2.75, 3.05) is 4.90 Å². The van der Waals surface area contributed by atoms with E-state index in [4.69, 9.17) is 10.00 Å². The number of hydrogen-bond donors (Lipinski definition) is 0. The van der Waals surface area contributed by atoms with E-state index < -0.39 is 5.97 Å². The molecule has 1 aliphatic heterocycles. The third-order valence-corrected chi connectivity index (χ3v) is 3.84. The van der Waals surface area contributed by atoms with Crippen LogP contribution in [0.3, 0.4) is 0 Å². The minimum Gasteiger partial charge on any atom is -0.457 e. The molecule has 1 fully saturated rings. The third kappa shape index (κ3) is 3.56. The normalized spacial score (nSPS) is 13.6. The van der Waals surface area contributed by atoms with Crippen molar-refractivity contribution in [3.63, 3.8) is 0 Å². The van der Waals surface area contributed by atoms with Crippen LogP contribution >= 0.6 is 0 Å². The van der Waals surface area contributed by atoms with Gasteiger partial charge in [-0.05, 0) is 42.0 Å². The lowest BCUT2D eigenvalue weighted by Gasteiger charge is -2.14. The van der Waals surface area contributed by atoms with Gasteiger partial charge < -0.3 is 4.74 Å². The molecule has 0 radical (unpaired) electrons. The summed E-state index contributed by atoms with van der Waals surface area (Å²) in [7, 11) is 0. The van der Waals surface area contributed by atoms with Crippen molar-refractivity contribution >= 4 is 23.5 Å². The number of hydrogen-bond acceptors (Lipinski definition) is 5. The molecule has 1 heterocycles. The number of nitrogens with zero attached hydrogens (tertiary/aromatic N) is 2. The average Bonchev–Trinajstić information content (AvgIpc) is 2.98. The Kier molecular flexibility index (Phi) is 4.57. The molecule has 0 N–H and O–H groups in total. The van der Waals surface area contributed by atoms with Crippen molar-refractivity contribution in [2.45, 2.75) is 19.4 Å². The number of carbonyl (C=O) groups excluding carboxylic acids is 3. The fourth-order valence-corrected chi connectivity index (χ4v) is 2.57. The van der Waals surface area contributed by atoms with Crippen LogP contribution in [0.25, 0.3) is 0 Å². The van der Waals surface area contributed by atoms with E-state index >= 15 is 0 Å². The molecule has 3 rings (SSSR count). The zero-order valence-corrected chi connectivity index (χ0v) is 13.3. The largest absolute Gasteiger partial charge is 0.457 e. The van der Waals surface area contributed by atoms with Gasteiger partial charge in [-0.3, -0.25) is 14.5 Å². The third-order valence-electron chi connectivity index (χ3n) is 3.84. The van der Waals surface area contributed by atoms with Gasteiger partial charge in [0.15, 0.2) is 0 Å². The lowest BCUT2D eigenvalue weighted by atomic mass is 10.1. The van der Waals surface area contributed by atoms with E-state index in [9.17, 15) is 14.4 Å². The molecule has 0 aromatic heterocycles. The van der Waals surface area contributed by atoms with Gasteiger partial charge in [0.05, 0.1) is 22.9 Å². The number of anilines is 1. The first-order valence-corrected chi connectivity index (χ1v) is 7.70. The molecule has 124 valence electrons. The molecule has 25 heavy (non-hydrogen) atoms. The van der Waals surface area contributed by atoms with Crippen molar-refractivity contribution in [2.24, 2.45) is 0 Å². The lowest BCUT2D eigenvalue weighted by Crippen LogP contribution is -2.28. The van der Waals surface area contributed by atoms with Gasteiger partial charge in [-0.25, -0.2) is 4.79 Å². The summed E-state index contributed by atoms with van der Waals surface area (Å²) in [6.45, 7) is 0.0548. The number of esters is 1. The number of ether oxygens (including phenoxy) is 1. The van der Waals surface area contributed by atoms with E-state index in [1.54, 1.807) is 36.4 Å². The summed E-state index contributed by atoms with van der Waals surface area (Å²) in [5, 5.41) is 8.86. The summed E-state index contributed by atoms with van der Waals surface area (Å²) in [5.41, 5.74) is 1.99. The van der Waals surface area contributed by atoms with E-state index in [0.29, 0.717) is 16.8 Å². The molecular weight excluding hydrogens is 320 g/mol. The Morgan fingerprint density at radius 3 is 2.40 bits per heavy atom. The minimum atomic E-state index is -0.520. The van der Waals surface area contributed by atoms with Crippen LogP contribution in [-0.2, 0) is 20.9 Å². The van der Waals surface area contributed by atoms with Gasteiger partial charge in [0, 0.05) is 12.8 Å². The van der Waals surface area contributed by atoms with Crippen molar-refractivity contribution in [1.29, 1.82) is 5.26 Å². The Morgan fingerprint density at radius 2 is 1.76 bits per heavy atom. The van der Waals surface area contributed by atoms with E-state index in [1.165, 1.54) is 12.1 Å². The summed E-state index contributed by atoms with van der Waals surface area (Å²) in [6.07, 6.45) is 0.425. The number of benzene rings is 2. The highest BCUT2D eigenvalue weighted by Gasteiger charge is 2.30. The monoisotopic (exact) mass is 334 g/mol. The van der Waals surface area contributed by atoms with Crippen molar-refractivity contribution in [3.05, 3.63) is 65.2 Å². The molecule has 0 unspecified atom stereocenters. The Hall–Kier alpha value is -3.46. The first-order chi connectivity index (χ1) is 12.1. The van der Waals surface area contributed by atoms with Crippen molar-refractivity contribution in [3.8, 4) is 6.07 Å². The van der Waals surface area contributed by atoms with Crippen molar-refractivity contribution < 1.29 is 19.1 Å². The second-order valence-electron chi connectivity index (χ2n) is 5.56. The zero-order valence-electron chi connectivity index (χ0n) is 13.3. The Bertz CT molecular complexity index is 865. The van der Waals surface area contributed by atoms with Gasteiger partial charge >= 0.3 is 5.97 Å². The molecule has 0 atom stereocenters. The second kappa shape index (κ2) is 6.97. The van der Waals surface area contributed by atoms with Gasteiger partial charge in [0.1, 0.15) is 6.61 Å². The van der Waals surface area contributed by atoms with Crippen LogP contribution in [0.5, 0.6) is 0 Å². The molecule has 1 saturated heterocycles. The average molecular weight is 334 g/mol. The van der Waals surface area contributed by atoms with Gasteiger partial charge in [0.2, 0.25) is 11.8 Å². The summed E-state index contributed by atoms with van der Waals surface area (Å²) < 4.78 is 5.23. The topological polar surface area (TPSA) is 87.5 Å². The SMILES string of the molecule is N#Cc1cccc(COC(=O)c2ccc(N3C(=O)CCC3=O)cc2)c1. The van der Waals surface area contributed by atoms with Crippen LogP contribution in [-0.4, -0.2) is 17.8 Å².